The fraction of sp³-hybridized carbons (Fsp3) is 0.455. The molecule has 1 atom stereocenters. The molecule has 0 amide bonds. The van der Waals surface area contributed by atoms with Crippen LogP contribution in [0.2, 0.25) is 0 Å². The highest BCUT2D eigenvalue weighted by Crippen LogP contribution is 2.25. The lowest BCUT2D eigenvalue weighted by Crippen LogP contribution is -2.38. The van der Waals surface area contributed by atoms with Gasteiger partial charge in [0.25, 0.3) is 0 Å². The fourth-order valence-electron chi connectivity index (χ4n) is 1.43. The van der Waals surface area contributed by atoms with Crippen LogP contribution in [0.5, 0.6) is 5.75 Å². The third-order valence-corrected chi connectivity index (χ3v) is 2.31. The Labute approximate surface area is 83.8 Å². The van der Waals surface area contributed by atoms with Gasteiger partial charge in [-0.05, 0) is 13.0 Å². The average Bonchev–Trinajstić information content (AvgIpc) is 2.12. The molecule has 1 aliphatic rings. The molecule has 1 aromatic carbocycles. The first kappa shape index (κ1) is 9.49. The van der Waals surface area contributed by atoms with Crippen molar-refractivity contribution in [1.82, 2.24) is 0 Å². The minimum Gasteiger partial charge on any atom is -0.485 e. The Balaban J connectivity index is 2.13. The van der Waals surface area contributed by atoms with Crippen LogP contribution in [0, 0.1) is 0 Å². The summed E-state index contributed by atoms with van der Waals surface area (Å²) in [7, 11) is 0. The topological polar surface area (TPSA) is 44.5 Å². The van der Waals surface area contributed by atoms with E-state index in [0.717, 1.165) is 11.3 Å². The van der Waals surface area contributed by atoms with Gasteiger partial charge in [-0.25, -0.2) is 0 Å². The zero-order valence-electron chi connectivity index (χ0n) is 8.27. The van der Waals surface area contributed by atoms with E-state index in [9.17, 15) is 0 Å². The molecular formula is C11H15NO2. The molecule has 1 aromatic rings. The number of hydrogen-bond acceptors (Lipinski definition) is 3. The van der Waals surface area contributed by atoms with Crippen molar-refractivity contribution < 1.29 is 9.47 Å². The van der Waals surface area contributed by atoms with Crippen LogP contribution in [0.4, 0.5) is 0 Å². The molecule has 0 saturated carbocycles. The van der Waals surface area contributed by atoms with Gasteiger partial charge in [0.15, 0.2) is 0 Å². The molecule has 0 aliphatic carbocycles. The van der Waals surface area contributed by atoms with E-state index >= 15 is 0 Å². The van der Waals surface area contributed by atoms with Gasteiger partial charge in [0, 0.05) is 11.6 Å². The molecule has 1 heterocycles. The summed E-state index contributed by atoms with van der Waals surface area (Å²) < 4.78 is 10.8. The van der Waals surface area contributed by atoms with E-state index in [1.165, 1.54) is 0 Å². The van der Waals surface area contributed by atoms with Gasteiger partial charge >= 0.3 is 0 Å². The minimum atomic E-state index is 0.00666. The lowest BCUT2D eigenvalue weighted by Gasteiger charge is -2.28. The largest absolute Gasteiger partial charge is 0.485 e. The monoisotopic (exact) mass is 193 g/mol. The standard InChI is InChI=1S/C11H15NO2/c1-8(12)10-4-2-3-5-11(10)14-9-6-13-7-9/h2-5,8-9H,6-7,12H2,1H3/t8-/m0/s1. The predicted molar refractivity (Wildman–Crippen MR) is 54.3 cm³/mol. The predicted octanol–water partition coefficient (Wildman–Crippen LogP) is 1.48. The number of hydrogen-bond donors (Lipinski definition) is 1. The van der Waals surface area contributed by atoms with E-state index in [-0.39, 0.29) is 12.1 Å². The summed E-state index contributed by atoms with van der Waals surface area (Å²) in [6.07, 6.45) is 0.204. The van der Waals surface area contributed by atoms with E-state index < -0.39 is 0 Å². The summed E-state index contributed by atoms with van der Waals surface area (Å²) in [6, 6.07) is 7.90. The summed E-state index contributed by atoms with van der Waals surface area (Å²) in [6.45, 7) is 3.33. The van der Waals surface area contributed by atoms with Crippen LogP contribution < -0.4 is 10.5 Å². The first-order valence-corrected chi connectivity index (χ1v) is 4.86. The molecule has 2 N–H and O–H groups in total. The molecule has 2 rings (SSSR count). The summed E-state index contributed by atoms with van der Waals surface area (Å²) in [4.78, 5) is 0. The number of rotatable bonds is 3. The van der Waals surface area contributed by atoms with E-state index in [0.29, 0.717) is 13.2 Å². The molecular weight excluding hydrogens is 178 g/mol. The Hall–Kier alpha value is -1.06. The second-order valence-electron chi connectivity index (χ2n) is 3.60. The Kier molecular flexibility index (Phi) is 2.70. The van der Waals surface area contributed by atoms with Gasteiger partial charge in [-0.3, -0.25) is 0 Å². The van der Waals surface area contributed by atoms with Gasteiger partial charge in [-0.2, -0.15) is 0 Å². The van der Waals surface area contributed by atoms with Gasteiger partial charge in [0.2, 0.25) is 0 Å². The van der Waals surface area contributed by atoms with Crippen molar-refractivity contribution in [3.05, 3.63) is 29.8 Å². The van der Waals surface area contributed by atoms with E-state index in [2.05, 4.69) is 0 Å². The number of nitrogens with two attached hydrogens (primary N) is 1. The normalized spacial score (nSPS) is 18.7. The molecule has 1 saturated heterocycles. The Morgan fingerprint density at radius 3 is 2.71 bits per heavy atom. The minimum absolute atomic E-state index is 0.00666. The number of benzene rings is 1. The fourth-order valence-corrected chi connectivity index (χ4v) is 1.43. The van der Waals surface area contributed by atoms with Crippen LogP contribution in [-0.2, 0) is 4.74 Å². The number of para-hydroxylation sites is 1. The molecule has 0 radical (unpaired) electrons. The zero-order chi connectivity index (χ0) is 9.97. The Morgan fingerprint density at radius 2 is 2.14 bits per heavy atom. The molecule has 0 bridgehead atoms. The molecule has 3 nitrogen and oxygen atoms in total. The van der Waals surface area contributed by atoms with Crippen LogP contribution in [0.25, 0.3) is 0 Å². The summed E-state index contributed by atoms with van der Waals surface area (Å²) in [5.74, 6) is 0.885. The van der Waals surface area contributed by atoms with Gasteiger partial charge < -0.3 is 15.2 Å². The highest BCUT2D eigenvalue weighted by molar-refractivity contribution is 5.35. The SMILES string of the molecule is C[C@H](N)c1ccccc1OC1COC1. The second kappa shape index (κ2) is 3.98. The third-order valence-electron chi connectivity index (χ3n) is 2.31. The molecule has 14 heavy (non-hydrogen) atoms. The maximum absolute atomic E-state index is 5.84. The lowest BCUT2D eigenvalue weighted by molar-refractivity contribution is -0.0800. The van der Waals surface area contributed by atoms with Crippen LogP contribution in [0.3, 0.4) is 0 Å². The maximum Gasteiger partial charge on any atom is 0.145 e. The third kappa shape index (κ3) is 1.89. The Morgan fingerprint density at radius 1 is 1.43 bits per heavy atom. The summed E-state index contributed by atoms with van der Waals surface area (Å²) >= 11 is 0. The van der Waals surface area contributed by atoms with E-state index in [1.807, 2.05) is 31.2 Å². The van der Waals surface area contributed by atoms with Crippen molar-refractivity contribution in [1.29, 1.82) is 0 Å². The molecule has 1 fully saturated rings. The molecule has 1 aliphatic heterocycles. The van der Waals surface area contributed by atoms with Crippen molar-refractivity contribution in [2.45, 2.75) is 19.1 Å². The van der Waals surface area contributed by atoms with E-state index in [1.54, 1.807) is 0 Å². The number of ether oxygens (including phenoxy) is 2. The smallest absolute Gasteiger partial charge is 0.145 e. The zero-order valence-corrected chi connectivity index (χ0v) is 8.27. The van der Waals surface area contributed by atoms with Crippen molar-refractivity contribution in [3.8, 4) is 5.75 Å². The first-order chi connectivity index (χ1) is 6.77. The van der Waals surface area contributed by atoms with Crippen LogP contribution in [0.1, 0.15) is 18.5 Å². The van der Waals surface area contributed by atoms with Crippen LogP contribution in [0.15, 0.2) is 24.3 Å². The van der Waals surface area contributed by atoms with Crippen molar-refractivity contribution in [3.63, 3.8) is 0 Å². The maximum atomic E-state index is 5.84. The van der Waals surface area contributed by atoms with Crippen LogP contribution in [-0.4, -0.2) is 19.3 Å². The van der Waals surface area contributed by atoms with E-state index in [4.69, 9.17) is 15.2 Å². The molecule has 3 heteroatoms. The lowest BCUT2D eigenvalue weighted by atomic mass is 10.1. The highest BCUT2D eigenvalue weighted by Gasteiger charge is 2.21. The van der Waals surface area contributed by atoms with Crippen LogP contribution >= 0.6 is 0 Å². The second-order valence-corrected chi connectivity index (χ2v) is 3.60. The summed E-state index contributed by atoms with van der Waals surface area (Å²) in [5, 5.41) is 0. The first-order valence-electron chi connectivity index (χ1n) is 4.86. The average molecular weight is 193 g/mol. The summed E-state index contributed by atoms with van der Waals surface area (Å²) in [5.41, 5.74) is 6.89. The van der Waals surface area contributed by atoms with Gasteiger partial charge in [-0.15, -0.1) is 0 Å². The Bertz CT molecular complexity index is 308. The van der Waals surface area contributed by atoms with Gasteiger partial charge in [-0.1, -0.05) is 18.2 Å². The molecule has 76 valence electrons. The molecule has 0 unspecified atom stereocenters. The highest BCUT2D eigenvalue weighted by atomic mass is 16.6. The van der Waals surface area contributed by atoms with Crippen molar-refractivity contribution in [2.75, 3.05) is 13.2 Å². The van der Waals surface area contributed by atoms with Gasteiger partial charge in [0.1, 0.15) is 11.9 Å². The van der Waals surface area contributed by atoms with Gasteiger partial charge in [0.05, 0.1) is 13.2 Å². The molecule has 0 spiro atoms. The van der Waals surface area contributed by atoms with Crippen molar-refractivity contribution >= 4 is 0 Å². The quantitative estimate of drug-likeness (QED) is 0.790. The van der Waals surface area contributed by atoms with Crippen molar-refractivity contribution in [2.24, 2.45) is 5.73 Å². The molecule has 0 aromatic heterocycles.